The third kappa shape index (κ3) is 4.06. The van der Waals surface area contributed by atoms with Crippen LogP contribution in [0.2, 0.25) is 0 Å². The molecule has 5 heteroatoms. The van der Waals surface area contributed by atoms with Crippen LogP contribution in [0.5, 0.6) is 0 Å². The van der Waals surface area contributed by atoms with Gasteiger partial charge in [-0.3, -0.25) is 4.79 Å². The summed E-state index contributed by atoms with van der Waals surface area (Å²) in [7, 11) is 0. The zero-order chi connectivity index (χ0) is 13.1. The fourth-order valence-corrected chi connectivity index (χ4v) is 2.09. The van der Waals surface area contributed by atoms with Gasteiger partial charge in [-0.1, -0.05) is 64.6 Å². The van der Waals surface area contributed by atoms with E-state index in [1.165, 1.54) is 0 Å². The molecule has 0 saturated carbocycles. The van der Waals surface area contributed by atoms with Gasteiger partial charge in [-0.2, -0.15) is 0 Å². The highest BCUT2D eigenvalue weighted by Crippen LogP contribution is 2.42. The molecule has 1 atom stereocenters. The van der Waals surface area contributed by atoms with Crippen LogP contribution in [0.15, 0.2) is 24.3 Å². The van der Waals surface area contributed by atoms with E-state index in [9.17, 15) is 4.79 Å². The lowest BCUT2D eigenvalue weighted by Crippen LogP contribution is -2.27. The van der Waals surface area contributed by atoms with Gasteiger partial charge in [-0.05, 0) is 19.4 Å². The molecule has 17 heavy (non-hydrogen) atoms. The third-order valence-corrected chi connectivity index (χ3v) is 2.91. The summed E-state index contributed by atoms with van der Waals surface area (Å²) in [5.41, 5.74) is 1.70. The molecule has 0 aliphatic heterocycles. The molecule has 0 N–H and O–H groups in total. The normalized spacial score (nSPS) is 13.2. The number of hydrogen-bond acceptors (Lipinski definition) is 2. The van der Waals surface area contributed by atoms with Gasteiger partial charge < -0.3 is 4.74 Å². The number of esters is 1. The Labute approximate surface area is 116 Å². The molecule has 0 heterocycles. The number of halogens is 3. The predicted octanol–water partition coefficient (Wildman–Crippen LogP) is 4.01. The van der Waals surface area contributed by atoms with E-state index in [4.69, 9.17) is 39.5 Å². The van der Waals surface area contributed by atoms with Gasteiger partial charge >= 0.3 is 5.97 Å². The van der Waals surface area contributed by atoms with Crippen molar-refractivity contribution in [1.29, 1.82) is 0 Å². The van der Waals surface area contributed by atoms with Crippen molar-refractivity contribution in [3.8, 4) is 0 Å². The first-order valence-electron chi connectivity index (χ1n) is 5.16. The summed E-state index contributed by atoms with van der Waals surface area (Å²) in [5, 5.41) is 0. The zero-order valence-corrected chi connectivity index (χ0v) is 11.8. The minimum atomic E-state index is -1.72. The molecule has 0 radical (unpaired) electrons. The van der Waals surface area contributed by atoms with Gasteiger partial charge in [0.1, 0.15) is 5.92 Å². The highest BCUT2D eigenvalue weighted by Gasteiger charge is 2.40. The van der Waals surface area contributed by atoms with Crippen LogP contribution in [0, 0.1) is 6.92 Å². The average Bonchev–Trinajstić information content (AvgIpc) is 2.19. The van der Waals surface area contributed by atoms with E-state index in [0.717, 1.165) is 5.56 Å². The molecule has 1 aromatic carbocycles. The van der Waals surface area contributed by atoms with Crippen molar-refractivity contribution >= 4 is 40.8 Å². The largest absolute Gasteiger partial charge is 0.465 e. The number of benzene rings is 1. The lowest BCUT2D eigenvalue weighted by molar-refractivity contribution is -0.144. The second-order valence-corrected chi connectivity index (χ2v) is 6.01. The first kappa shape index (κ1) is 14.6. The van der Waals surface area contributed by atoms with E-state index in [-0.39, 0.29) is 6.61 Å². The Morgan fingerprint density at radius 3 is 2.24 bits per heavy atom. The quantitative estimate of drug-likeness (QED) is 0.622. The minimum Gasteiger partial charge on any atom is -0.465 e. The van der Waals surface area contributed by atoms with Crippen LogP contribution >= 0.6 is 34.8 Å². The van der Waals surface area contributed by atoms with Gasteiger partial charge in [0.05, 0.1) is 6.61 Å². The van der Waals surface area contributed by atoms with Crippen LogP contribution < -0.4 is 0 Å². The number of hydrogen-bond donors (Lipinski definition) is 0. The molecule has 0 fully saturated rings. The average molecular weight is 296 g/mol. The van der Waals surface area contributed by atoms with Crippen LogP contribution in [0.3, 0.4) is 0 Å². The minimum absolute atomic E-state index is 0.252. The van der Waals surface area contributed by atoms with Gasteiger partial charge in [-0.25, -0.2) is 0 Å². The maximum absolute atomic E-state index is 11.8. The number of aryl methyl sites for hydroxylation is 1. The molecule has 94 valence electrons. The first-order valence-corrected chi connectivity index (χ1v) is 6.29. The molecular formula is C12H13Cl3O2. The second-order valence-electron chi connectivity index (χ2n) is 3.64. The number of rotatable bonds is 3. The van der Waals surface area contributed by atoms with Crippen LogP contribution in [0.1, 0.15) is 24.0 Å². The van der Waals surface area contributed by atoms with Crippen LogP contribution in [-0.2, 0) is 9.53 Å². The Balaban J connectivity index is 3.07. The Kier molecular flexibility index (Phi) is 5.11. The number of carbonyl (C=O) groups excluding carboxylic acids is 1. The van der Waals surface area contributed by atoms with E-state index in [1.54, 1.807) is 19.1 Å². The van der Waals surface area contributed by atoms with E-state index >= 15 is 0 Å². The molecule has 1 rings (SSSR count). The predicted molar refractivity (Wildman–Crippen MR) is 70.8 cm³/mol. The van der Waals surface area contributed by atoms with Gasteiger partial charge in [0.15, 0.2) is 0 Å². The van der Waals surface area contributed by atoms with Crippen LogP contribution in [-0.4, -0.2) is 16.4 Å². The molecule has 0 aliphatic rings. The molecule has 0 saturated heterocycles. The van der Waals surface area contributed by atoms with Crippen molar-refractivity contribution in [2.24, 2.45) is 0 Å². The maximum atomic E-state index is 11.8. The third-order valence-electron chi connectivity index (χ3n) is 2.26. The molecule has 0 unspecified atom stereocenters. The molecule has 1 aromatic rings. The van der Waals surface area contributed by atoms with Crippen LogP contribution in [0.25, 0.3) is 0 Å². The molecule has 0 spiro atoms. The summed E-state index contributed by atoms with van der Waals surface area (Å²) in [6, 6.07) is 7.24. The Hall–Kier alpha value is -0.440. The first-order chi connectivity index (χ1) is 7.86. The van der Waals surface area contributed by atoms with E-state index in [1.807, 2.05) is 19.1 Å². The number of ether oxygens (including phenoxy) is 1. The van der Waals surface area contributed by atoms with Crippen molar-refractivity contribution in [2.45, 2.75) is 23.6 Å². The number of carbonyl (C=O) groups is 1. The van der Waals surface area contributed by atoms with Gasteiger partial charge in [0.25, 0.3) is 0 Å². The fraction of sp³-hybridized carbons (Fsp3) is 0.417. The summed E-state index contributed by atoms with van der Waals surface area (Å²) in [4.78, 5) is 11.8. The molecule has 0 bridgehead atoms. The second kappa shape index (κ2) is 5.94. The summed E-state index contributed by atoms with van der Waals surface area (Å²) >= 11 is 17.5. The monoisotopic (exact) mass is 294 g/mol. The van der Waals surface area contributed by atoms with Crippen molar-refractivity contribution in [3.05, 3.63) is 35.4 Å². The standard InChI is InChI=1S/C12H13Cl3O2/c1-3-17-11(16)10(12(13,14)15)9-6-4-8(2)5-7-9/h4-7,10H,3H2,1-2H3/t10-/m0/s1. The smallest absolute Gasteiger partial charge is 0.317 e. The topological polar surface area (TPSA) is 26.3 Å². The molecule has 0 aromatic heterocycles. The molecular weight excluding hydrogens is 282 g/mol. The summed E-state index contributed by atoms with van der Waals surface area (Å²) in [6.07, 6.45) is 0. The Morgan fingerprint density at radius 2 is 1.82 bits per heavy atom. The molecule has 0 amide bonds. The lowest BCUT2D eigenvalue weighted by atomic mass is 9.99. The van der Waals surface area contributed by atoms with Gasteiger partial charge in [0.2, 0.25) is 3.79 Å². The highest BCUT2D eigenvalue weighted by atomic mass is 35.6. The van der Waals surface area contributed by atoms with Crippen LogP contribution in [0.4, 0.5) is 0 Å². The fourth-order valence-electron chi connectivity index (χ4n) is 1.44. The molecule has 2 nitrogen and oxygen atoms in total. The number of alkyl halides is 3. The SMILES string of the molecule is CCOC(=O)[C@H](c1ccc(C)cc1)C(Cl)(Cl)Cl. The van der Waals surface area contributed by atoms with Gasteiger partial charge in [-0.15, -0.1) is 0 Å². The summed E-state index contributed by atoms with van der Waals surface area (Å²) in [5.74, 6) is -1.44. The van der Waals surface area contributed by atoms with E-state index in [2.05, 4.69) is 0 Å². The van der Waals surface area contributed by atoms with Crippen molar-refractivity contribution in [3.63, 3.8) is 0 Å². The highest BCUT2D eigenvalue weighted by molar-refractivity contribution is 6.68. The summed E-state index contributed by atoms with van der Waals surface area (Å²) in [6.45, 7) is 3.91. The van der Waals surface area contributed by atoms with Crippen molar-refractivity contribution < 1.29 is 9.53 Å². The maximum Gasteiger partial charge on any atom is 0.317 e. The van der Waals surface area contributed by atoms with E-state index < -0.39 is 15.7 Å². The lowest BCUT2D eigenvalue weighted by Gasteiger charge is -2.22. The zero-order valence-electron chi connectivity index (χ0n) is 9.54. The van der Waals surface area contributed by atoms with E-state index in [0.29, 0.717) is 5.56 Å². The van der Waals surface area contributed by atoms with Gasteiger partial charge in [0, 0.05) is 0 Å². The molecule has 0 aliphatic carbocycles. The Bertz CT molecular complexity index is 382. The van der Waals surface area contributed by atoms with Crippen molar-refractivity contribution in [2.75, 3.05) is 6.61 Å². The summed E-state index contributed by atoms with van der Waals surface area (Å²) < 4.78 is 3.20. The van der Waals surface area contributed by atoms with Crippen molar-refractivity contribution in [1.82, 2.24) is 0 Å². The Morgan fingerprint density at radius 1 is 1.29 bits per heavy atom.